The summed E-state index contributed by atoms with van der Waals surface area (Å²) in [7, 11) is 2.16. The summed E-state index contributed by atoms with van der Waals surface area (Å²) in [6.45, 7) is 1.17. The molecule has 0 aliphatic heterocycles. The maximum absolute atomic E-state index is 5.90. The molecule has 1 fully saturated rings. The third-order valence-corrected chi connectivity index (χ3v) is 3.06. The lowest BCUT2D eigenvalue weighted by Gasteiger charge is -2.21. The van der Waals surface area contributed by atoms with Gasteiger partial charge in [-0.1, -0.05) is 18.2 Å². The standard InChI is InChI=1S/C12H16ClN/c1-14(9-10-6-7-10)12-5-3-2-4-11(12)8-13/h2-5,10H,6-9H2,1H3. The SMILES string of the molecule is CN(CC1CC1)c1ccccc1CCl. The lowest BCUT2D eigenvalue weighted by molar-refractivity contribution is 0.785. The van der Waals surface area contributed by atoms with E-state index >= 15 is 0 Å². The van der Waals surface area contributed by atoms with Crippen molar-refractivity contribution in [3.8, 4) is 0 Å². The van der Waals surface area contributed by atoms with E-state index in [1.807, 2.05) is 6.07 Å². The van der Waals surface area contributed by atoms with E-state index < -0.39 is 0 Å². The topological polar surface area (TPSA) is 3.24 Å². The molecule has 1 aromatic carbocycles. The molecule has 0 N–H and O–H groups in total. The Morgan fingerprint density at radius 2 is 2.07 bits per heavy atom. The monoisotopic (exact) mass is 209 g/mol. The Bertz CT molecular complexity index is 307. The van der Waals surface area contributed by atoms with E-state index in [0.29, 0.717) is 5.88 Å². The normalized spacial score (nSPS) is 15.6. The average Bonchev–Trinajstić information content (AvgIpc) is 3.01. The third kappa shape index (κ3) is 2.21. The molecule has 0 unspecified atom stereocenters. The summed E-state index contributed by atoms with van der Waals surface area (Å²) in [5, 5.41) is 0. The quantitative estimate of drug-likeness (QED) is 0.688. The molecule has 0 amide bonds. The highest BCUT2D eigenvalue weighted by Crippen LogP contribution is 2.31. The Labute approximate surface area is 90.7 Å². The summed E-state index contributed by atoms with van der Waals surface area (Å²) in [5.41, 5.74) is 2.52. The van der Waals surface area contributed by atoms with Gasteiger partial charge in [-0.2, -0.15) is 0 Å². The molecule has 76 valence electrons. The predicted molar refractivity (Wildman–Crippen MR) is 62.0 cm³/mol. The van der Waals surface area contributed by atoms with E-state index in [4.69, 9.17) is 11.6 Å². The van der Waals surface area contributed by atoms with Gasteiger partial charge in [-0.05, 0) is 30.4 Å². The number of alkyl halides is 1. The second-order valence-electron chi connectivity index (χ2n) is 4.09. The van der Waals surface area contributed by atoms with Crippen molar-refractivity contribution in [2.75, 3.05) is 18.5 Å². The fourth-order valence-electron chi connectivity index (χ4n) is 1.78. The number of anilines is 1. The highest BCUT2D eigenvalue weighted by atomic mass is 35.5. The van der Waals surface area contributed by atoms with Gasteiger partial charge in [0.2, 0.25) is 0 Å². The lowest BCUT2D eigenvalue weighted by Crippen LogP contribution is -2.20. The number of nitrogens with zero attached hydrogens (tertiary/aromatic N) is 1. The van der Waals surface area contributed by atoms with Gasteiger partial charge in [0.1, 0.15) is 0 Å². The van der Waals surface area contributed by atoms with Crippen molar-refractivity contribution in [3.05, 3.63) is 29.8 Å². The maximum Gasteiger partial charge on any atom is 0.0494 e. The van der Waals surface area contributed by atoms with E-state index in [2.05, 4.69) is 30.1 Å². The second kappa shape index (κ2) is 4.22. The zero-order valence-electron chi connectivity index (χ0n) is 8.54. The van der Waals surface area contributed by atoms with Crippen LogP contribution in [0.4, 0.5) is 5.69 Å². The van der Waals surface area contributed by atoms with Crippen LogP contribution in [0, 0.1) is 5.92 Å². The van der Waals surface area contributed by atoms with Crippen LogP contribution in [0.15, 0.2) is 24.3 Å². The van der Waals surface area contributed by atoms with Crippen molar-refractivity contribution in [3.63, 3.8) is 0 Å². The number of hydrogen-bond acceptors (Lipinski definition) is 1. The Balaban J connectivity index is 2.11. The summed E-state index contributed by atoms with van der Waals surface area (Å²) < 4.78 is 0. The minimum atomic E-state index is 0.602. The largest absolute Gasteiger partial charge is 0.374 e. The van der Waals surface area contributed by atoms with Gasteiger partial charge in [0.15, 0.2) is 0 Å². The van der Waals surface area contributed by atoms with Crippen molar-refractivity contribution in [1.82, 2.24) is 0 Å². The van der Waals surface area contributed by atoms with Crippen LogP contribution in [0.1, 0.15) is 18.4 Å². The molecule has 0 heterocycles. The third-order valence-electron chi connectivity index (χ3n) is 2.78. The van der Waals surface area contributed by atoms with Gasteiger partial charge in [0.05, 0.1) is 0 Å². The Hall–Kier alpha value is -0.690. The molecular weight excluding hydrogens is 194 g/mol. The van der Waals surface area contributed by atoms with Crippen LogP contribution in [-0.2, 0) is 5.88 Å². The fraction of sp³-hybridized carbons (Fsp3) is 0.500. The van der Waals surface area contributed by atoms with Crippen LogP contribution in [0.5, 0.6) is 0 Å². The minimum absolute atomic E-state index is 0.602. The molecule has 14 heavy (non-hydrogen) atoms. The van der Waals surface area contributed by atoms with Crippen LogP contribution in [0.3, 0.4) is 0 Å². The van der Waals surface area contributed by atoms with E-state index in [9.17, 15) is 0 Å². The molecule has 2 rings (SSSR count). The molecular formula is C12H16ClN. The first kappa shape index (κ1) is 9.85. The van der Waals surface area contributed by atoms with Crippen LogP contribution >= 0.6 is 11.6 Å². The van der Waals surface area contributed by atoms with Gasteiger partial charge in [-0.15, -0.1) is 11.6 Å². The first-order valence-corrected chi connectivity index (χ1v) is 5.69. The number of para-hydroxylation sites is 1. The van der Waals surface area contributed by atoms with Gasteiger partial charge >= 0.3 is 0 Å². The molecule has 0 atom stereocenters. The Morgan fingerprint density at radius 3 is 2.71 bits per heavy atom. The molecule has 1 aromatic rings. The van der Waals surface area contributed by atoms with Crippen LogP contribution in [0.25, 0.3) is 0 Å². The molecule has 1 nitrogen and oxygen atoms in total. The van der Waals surface area contributed by atoms with Crippen molar-refractivity contribution in [2.45, 2.75) is 18.7 Å². The zero-order chi connectivity index (χ0) is 9.97. The van der Waals surface area contributed by atoms with Crippen LogP contribution in [0.2, 0.25) is 0 Å². The summed E-state index contributed by atoms with van der Waals surface area (Å²) in [4.78, 5) is 2.33. The highest BCUT2D eigenvalue weighted by molar-refractivity contribution is 6.17. The minimum Gasteiger partial charge on any atom is -0.374 e. The molecule has 1 saturated carbocycles. The Morgan fingerprint density at radius 1 is 1.36 bits per heavy atom. The highest BCUT2D eigenvalue weighted by Gasteiger charge is 2.23. The number of benzene rings is 1. The average molecular weight is 210 g/mol. The fourth-order valence-corrected chi connectivity index (χ4v) is 2.01. The van der Waals surface area contributed by atoms with Gasteiger partial charge in [-0.3, -0.25) is 0 Å². The molecule has 0 spiro atoms. The first-order chi connectivity index (χ1) is 6.81. The van der Waals surface area contributed by atoms with E-state index in [1.165, 1.54) is 30.6 Å². The lowest BCUT2D eigenvalue weighted by atomic mass is 10.2. The molecule has 1 aliphatic rings. The smallest absolute Gasteiger partial charge is 0.0494 e. The predicted octanol–water partition coefficient (Wildman–Crippen LogP) is 3.27. The first-order valence-electron chi connectivity index (χ1n) is 5.16. The van der Waals surface area contributed by atoms with E-state index in [-0.39, 0.29) is 0 Å². The number of rotatable bonds is 4. The zero-order valence-corrected chi connectivity index (χ0v) is 9.30. The summed E-state index contributed by atoms with van der Waals surface area (Å²) in [6.07, 6.45) is 2.79. The van der Waals surface area contributed by atoms with Crippen molar-refractivity contribution in [2.24, 2.45) is 5.92 Å². The summed E-state index contributed by atoms with van der Waals surface area (Å²) >= 11 is 5.90. The molecule has 0 aromatic heterocycles. The van der Waals surface area contributed by atoms with Crippen molar-refractivity contribution >= 4 is 17.3 Å². The molecule has 1 aliphatic carbocycles. The molecule has 0 radical (unpaired) electrons. The summed E-state index contributed by atoms with van der Waals surface area (Å²) in [5.74, 6) is 1.52. The van der Waals surface area contributed by atoms with Crippen molar-refractivity contribution in [1.29, 1.82) is 0 Å². The van der Waals surface area contributed by atoms with Crippen molar-refractivity contribution < 1.29 is 0 Å². The van der Waals surface area contributed by atoms with E-state index in [0.717, 1.165) is 5.92 Å². The van der Waals surface area contributed by atoms with Crippen LogP contribution < -0.4 is 4.90 Å². The molecule has 2 heteroatoms. The number of hydrogen-bond donors (Lipinski definition) is 0. The molecule has 0 saturated heterocycles. The van der Waals surface area contributed by atoms with Gasteiger partial charge in [-0.25, -0.2) is 0 Å². The van der Waals surface area contributed by atoms with Gasteiger partial charge < -0.3 is 4.90 Å². The molecule has 0 bridgehead atoms. The van der Waals surface area contributed by atoms with Gasteiger partial charge in [0, 0.05) is 25.2 Å². The second-order valence-corrected chi connectivity index (χ2v) is 4.35. The maximum atomic E-state index is 5.90. The van der Waals surface area contributed by atoms with Gasteiger partial charge in [0.25, 0.3) is 0 Å². The summed E-state index contributed by atoms with van der Waals surface area (Å²) in [6, 6.07) is 8.38. The van der Waals surface area contributed by atoms with E-state index in [1.54, 1.807) is 0 Å². The Kier molecular flexibility index (Phi) is 2.97. The van der Waals surface area contributed by atoms with Crippen LogP contribution in [-0.4, -0.2) is 13.6 Å². The number of halogens is 1.